The summed E-state index contributed by atoms with van der Waals surface area (Å²) < 4.78 is 40.1. The largest absolute Gasteiger partial charge is 1.00 e. The molecular weight excluding hydrogens is 423 g/mol. The fourth-order valence-corrected chi connectivity index (χ4v) is 3.95. The van der Waals surface area contributed by atoms with Crippen LogP contribution in [0.15, 0.2) is 53.4 Å². The van der Waals surface area contributed by atoms with Crippen LogP contribution < -0.4 is 56.1 Å². The first-order chi connectivity index (χ1) is 14.0. The maximum atomic E-state index is 11.4. The number of rotatable bonds is 14. The molecular formula is C24H33KO4S. The van der Waals surface area contributed by atoms with Gasteiger partial charge in [0, 0.05) is 0 Å². The SMILES string of the molecule is CCCCCCCCCCCCc1cc(S(=O)(=O)[O-])ccc1Oc1ccccc1.[K+]. The number of para-hydroxylation sites is 1. The van der Waals surface area contributed by atoms with Gasteiger partial charge in [-0.05, 0) is 48.7 Å². The Morgan fingerprint density at radius 1 is 0.800 bits per heavy atom. The van der Waals surface area contributed by atoms with Crippen molar-refractivity contribution in [3.63, 3.8) is 0 Å². The summed E-state index contributed by atoms with van der Waals surface area (Å²) in [7, 11) is -4.47. The van der Waals surface area contributed by atoms with Gasteiger partial charge in [0.2, 0.25) is 0 Å². The van der Waals surface area contributed by atoms with Crippen molar-refractivity contribution >= 4 is 10.1 Å². The zero-order chi connectivity index (χ0) is 21.0. The number of aryl methyl sites for hydroxylation is 1. The molecule has 0 amide bonds. The van der Waals surface area contributed by atoms with Crippen LogP contribution in [-0.2, 0) is 16.5 Å². The molecule has 4 nitrogen and oxygen atoms in total. The van der Waals surface area contributed by atoms with Crippen LogP contribution in [0.25, 0.3) is 0 Å². The molecule has 0 aliphatic carbocycles. The van der Waals surface area contributed by atoms with Crippen molar-refractivity contribution in [2.24, 2.45) is 0 Å². The quantitative estimate of drug-likeness (QED) is 0.246. The third-order valence-electron chi connectivity index (χ3n) is 5.09. The monoisotopic (exact) mass is 456 g/mol. The minimum Gasteiger partial charge on any atom is -0.744 e. The molecule has 2 aromatic rings. The van der Waals surface area contributed by atoms with E-state index in [1.165, 1.54) is 63.5 Å². The molecule has 0 saturated carbocycles. The molecule has 0 unspecified atom stereocenters. The Morgan fingerprint density at radius 2 is 1.37 bits per heavy atom. The summed E-state index contributed by atoms with van der Waals surface area (Å²) in [6.07, 6.45) is 13.1. The van der Waals surface area contributed by atoms with Crippen molar-refractivity contribution in [1.82, 2.24) is 0 Å². The van der Waals surface area contributed by atoms with Crippen molar-refractivity contribution in [1.29, 1.82) is 0 Å². The van der Waals surface area contributed by atoms with Gasteiger partial charge in [-0.3, -0.25) is 0 Å². The predicted octanol–water partition coefficient (Wildman–Crippen LogP) is 3.85. The van der Waals surface area contributed by atoms with Crippen molar-refractivity contribution in [3.8, 4) is 11.5 Å². The maximum Gasteiger partial charge on any atom is 1.00 e. The number of ether oxygens (including phenoxy) is 1. The molecule has 0 atom stereocenters. The van der Waals surface area contributed by atoms with Crippen LogP contribution in [0.1, 0.15) is 76.7 Å². The second kappa shape index (κ2) is 15.6. The van der Waals surface area contributed by atoms with Crippen LogP contribution >= 0.6 is 0 Å². The van der Waals surface area contributed by atoms with E-state index in [1.807, 2.05) is 30.3 Å². The fraction of sp³-hybridized carbons (Fsp3) is 0.500. The first-order valence-corrected chi connectivity index (χ1v) is 12.2. The first-order valence-electron chi connectivity index (χ1n) is 10.8. The van der Waals surface area contributed by atoms with Crippen molar-refractivity contribution in [2.75, 3.05) is 0 Å². The normalized spacial score (nSPS) is 11.1. The van der Waals surface area contributed by atoms with Crippen LogP contribution in [0.2, 0.25) is 0 Å². The number of hydrogen-bond acceptors (Lipinski definition) is 4. The average molecular weight is 457 g/mol. The Labute approximate surface area is 225 Å². The third kappa shape index (κ3) is 10.9. The molecule has 2 aromatic carbocycles. The Hall–Kier alpha value is -0.214. The van der Waals surface area contributed by atoms with Gasteiger partial charge in [0.1, 0.15) is 21.6 Å². The van der Waals surface area contributed by atoms with Crippen molar-refractivity contribution in [3.05, 3.63) is 54.1 Å². The van der Waals surface area contributed by atoms with Gasteiger partial charge in [-0.1, -0.05) is 82.9 Å². The van der Waals surface area contributed by atoms with E-state index < -0.39 is 10.1 Å². The Kier molecular flexibility index (Phi) is 14.4. The van der Waals surface area contributed by atoms with Gasteiger partial charge in [-0.15, -0.1) is 0 Å². The molecule has 0 bridgehead atoms. The van der Waals surface area contributed by atoms with Crippen LogP contribution in [0.4, 0.5) is 0 Å². The first kappa shape index (κ1) is 27.8. The molecule has 160 valence electrons. The Balaban J connectivity index is 0.00000450. The summed E-state index contributed by atoms with van der Waals surface area (Å²) in [6.45, 7) is 2.23. The van der Waals surface area contributed by atoms with Gasteiger partial charge in [0.05, 0.1) is 4.90 Å². The molecule has 0 fully saturated rings. The van der Waals surface area contributed by atoms with Gasteiger partial charge in [-0.25, -0.2) is 8.42 Å². The van der Waals surface area contributed by atoms with Crippen molar-refractivity contribution < 1.29 is 69.1 Å². The second-order valence-electron chi connectivity index (χ2n) is 7.57. The molecule has 0 saturated heterocycles. The summed E-state index contributed by atoms with van der Waals surface area (Å²) in [6, 6.07) is 13.7. The summed E-state index contributed by atoms with van der Waals surface area (Å²) in [4.78, 5) is -0.194. The second-order valence-corrected chi connectivity index (χ2v) is 8.95. The molecule has 0 spiro atoms. The topological polar surface area (TPSA) is 66.4 Å². The van der Waals surface area contributed by atoms with Crippen LogP contribution in [0, 0.1) is 0 Å². The van der Waals surface area contributed by atoms with E-state index in [2.05, 4.69) is 6.92 Å². The van der Waals surface area contributed by atoms with Gasteiger partial charge in [0.15, 0.2) is 0 Å². The van der Waals surface area contributed by atoms with E-state index in [4.69, 9.17) is 4.74 Å². The van der Waals surface area contributed by atoms with Crippen molar-refractivity contribution in [2.45, 2.75) is 82.4 Å². The Bertz CT molecular complexity index is 822. The summed E-state index contributed by atoms with van der Waals surface area (Å²) in [5, 5.41) is 0. The van der Waals surface area contributed by atoms with E-state index in [0.29, 0.717) is 17.9 Å². The third-order valence-corrected chi connectivity index (χ3v) is 5.92. The number of unbranched alkanes of at least 4 members (excludes halogenated alkanes) is 9. The number of benzene rings is 2. The smallest absolute Gasteiger partial charge is 0.744 e. The Morgan fingerprint density at radius 3 is 1.93 bits per heavy atom. The molecule has 30 heavy (non-hydrogen) atoms. The molecule has 2 rings (SSSR count). The summed E-state index contributed by atoms with van der Waals surface area (Å²) in [5.74, 6) is 1.30. The van der Waals surface area contributed by atoms with Gasteiger partial charge in [0.25, 0.3) is 0 Å². The van der Waals surface area contributed by atoms with E-state index in [0.717, 1.165) is 18.4 Å². The maximum absolute atomic E-state index is 11.4. The molecule has 0 aliphatic rings. The summed E-state index contributed by atoms with van der Waals surface area (Å²) >= 11 is 0. The van der Waals surface area contributed by atoms with E-state index in [1.54, 1.807) is 6.07 Å². The van der Waals surface area contributed by atoms with Crippen LogP contribution in [-0.4, -0.2) is 13.0 Å². The zero-order valence-electron chi connectivity index (χ0n) is 18.4. The standard InChI is InChI=1S/C24H34O4S.K/c1-2-3-4-5-6-7-8-9-10-12-15-21-20-23(29(25,26)27)18-19-24(21)28-22-16-13-11-14-17-22;/h11,13-14,16-20H,2-10,12,15H2,1H3,(H,25,26,27);/q;+1/p-1. The van der Waals surface area contributed by atoms with E-state index in [-0.39, 0.29) is 56.3 Å². The van der Waals surface area contributed by atoms with E-state index >= 15 is 0 Å². The van der Waals surface area contributed by atoms with Gasteiger partial charge in [-0.2, -0.15) is 0 Å². The number of hydrogen-bond donors (Lipinski definition) is 0. The van der Waals surface area contributed by atoms with E-state index in [9.17, 15) is 13.0 Å². The predicted molar refractivity (Wildman–Crippen MR) is 116 cm³/mol. The molecule has 6 heteroatoms. The zero-order valence-corrected chi connectivity index (χ0v) is 22.4. The molecule has 0 aliphatic heterocycles. The minimum absolute atomic E-state index is 0. The summed E-state index contributed by atoms with van der Waals surface area (Å²) in [5.41, 5.74) is 0.769. The van der Waals surface area contributed by atoms with Gasteiger partial charge < -0.3 is 9.29 Å². The molecule has 0 radical (unpaired) electrons. The molecule has 0 N–H and O–H groups in total. The fourth-order valence-electron chi connectivity index (χ4n) is 3.42. The average Bonchev–Trinajstić information content (AvgIpc) is 2.70. The minimum atomic E-state index is -4.47. The van der Waals surface area contributed by atoms with Crippen LogP contribution in [0.5, 0.6) is 11.5 Å². The molecule has 0 heterocycles. The van der Waals surface area contributed by atoms with Crippen LogP contribution in [0.3, 0.4) is 0 Å². The molecule has 0 aromatic heterocycles. The van der Waals surface area contributed by atoms with Gasteiger partial charge >= 0.3 is 51.4 Å².